The lowest BCUT2D eigenvalue weighted by Gasteiger charge is -2.33. The number of nitrogens with zero attached hydrogens (tertiary/aromatic N) is 1. The van der Waals surface area contributed by atoms with Crippen LogP contribution in [-0.2, 0) is 11.8 Å². The third-order valence-electron chi connectivity index (χ3n) is 5.14. The molecule has 2 aromatic rings. The lowest BCUT2D eigenvalue weighted by Crippen LogP contribution is -2.36. The molecular weight excluding hydrogens is 290 g/mol. The van der Waals surface area contributed by atoms with E-state index in [0.29, 0.717) is 12.1 Å². The fourth-order valence-electron chi connectivity index (χ4n) is 4.02. The Morgan fingerprint density at radius 1 is 0.792 bits per heavy atom. The summed E-state index contributed by atoms with van der Waals surface area (Å²) in [6.45, 7) is 16.0. The van der Waals surface area contributed by atoms with Gasteiger partial charge in [-0.15, -0.1) is 0 Å². The van der Waals surface area contributed by atoms with E-state index in [1.165, 1.54) is 33.5 Å². The minimum absolute atomic E-state index is 0.209. The molecule has 0 amide bonds. The van der Waals surface area contributed by atoms with Gasteiger partial charge in [0.25, 0.3) is 0 Å². The summed E-state index contributed by atoms with van der Waals surface area (Å²) in [5.74, 6) is 0. The first-order valence-corrected chi connectivity index (χ1v) is 9.23. The van der Waals surface area contributed by atoms with Crippen LogP contribution in [0, 0.1) is 0 Å². The van der Waals surface area contributed by atoms with E-state index in [4.69, 9.17) is 0 Å². The second-order valence-corrected chi connectivity index (χ2v) is 8.73. The van der Waals surface area contributed by atoms with Gasteiger partial charge in [0.1, 0.15) is 0 Å². The fourth-order valence-corrected chi connectivity index (χ4v) is 4.02. The average Bonchev–Trinajstić information content (AvgIpc) is 2.82. The Labute approximate surface area is 147 Å². The van der Waals surface area contributed by atoms with Crippen molar-refractivity contribution in [1.29, 1.82) is 0 Å². The first-order chi connectivity index (χ1) is 11.2. The van der Waals surface area contributed by atoms with E-state index in [1.54, 1.807) is 0 Å². The second kappa shape index (κ2) is 5.95. The van der Waals surface area contributed by atoms with Crippen LogP contribution in [0.1, 0.15) is 65.2 Å². The van der Waals surface area contributed by atoms with Crippen LogP contribution in [0.4, 0.5) is 5.69 Å². The molecule has 0 spiro atoms. The summed E-state index contributed by atoms with van der Waals surface area (Å²) in [6.07, 6.45) is 1.06. The maximum absolute atomic E-state index is 2.50. The van der Waals surface area contributed by atoms with Crippen LogP contribution < -0.4 is 4.90 Å². The molecule has 3 rings (SSSR count). The number of hydrogen-bond acceptors (Lipinski definition) is 1. The van der Waals surface area contributed by atoms with Crippen molar-refractivity contribution in [3.8, 4) is 11.1 Å². The van der Waals surface area contributed by atoms with E-state index in [-0.39, 0.29) is 5.41 Å². The van der Waals surface area contributed by atoms with Crippen molar-refractivity contribution in [2.24, 2.45) is 0 Å². The molecule has 0 unspecified atom stereocenters. The monoisotopic (exact) mass is 321 g/mol. The number of anilines is 1. The molecule has 0 atom stereocenters. The summed E-state index contributed by atoms with van der Waals surface area (Å²) < 4.78 is 0. The average molecular weight is 322 g/mol. The Balaban J connectivity index is 1.99. The van der Waals surface area contributed by atoms with E-state index in [0.717, 1.165) is 6.42 Å². The summed E-state index contributed by atoms with van der Waals surface area (Å²) in [5.41, 5.74) is 8.78. The Hall–Kier alpha value is -1.76. The third kappa shape index (κ3) is 2.97. The predicted molar refractivity (Wildman–Crippen MR) is 106 cm³/mol. The standard InChI is InChI=1S/C23H31N/c1-15(2)24(16(3)4)20-9-11-22-18(14-20)12-17-13-19(23(5,6)7)8-10-21(17)22/h8-11,13-16H,12H2,1-7H3. The van der Waals surface area contributed by atoms with Gasteiger partial charge in [0.05, 0.1) is 0 Å². The SMILES string of the molecule is CC(C)N(c1ccc2c(c1)Cc1cc(C(C)(C)C)ccc1-2)C(C)C. The van der Waals surface area contributed by atoms with Crippen LogP contribution >= 0.6 is 0 Å². The highest BCUT2D eigenvalue weighted by molar-refractivity contribution is 5.79. The second-order valence-electron chi connectivity index (χ2n) is 8.73. The Morgan fingerprint density at radius 2 is 1.33 bits per heavy atom. The van der Waals surface area contributed by atoms with Crippen LogP contribution in [0.2, 0.25) is 0 Å². The summed E-state index contributed by atoms with van der Waals surface area (Å²) >= 11 is 0. The number of rotatable bonds is 3. The van der Waals surface area contributed by atoms with Gasteiger partial charge in [-0.2, -0.15) is 0 Å². The molecule has 0 aromatic heterocycles. The first kappa shape index (κ1) is 17.1. The molecule has 0 bridgehead atoms. The minimum Gasteiger partial charge on any atom is -0.367 e. The van der Waals surface area contributed by atoms with Gasteiger partial charge in [-0.1, -0.05) is 45.0 Å². The van der Waals surface area contributed by atoms with Crippen molar-refractivity contribution in [2.75, 3.05) is 4.90 Å². The van der Waals surface area contributed by atoms with E-state index < -0.39 is 0 Å². The highest BCUT2D eigenvalue weighted by atomic mass is 15.2. The lowest BCUT2D eigenvalue weighted by molar-refractivity contribution is 0.589. The van der Waals surface area contributed by atoms with E-state index >= 15 is 0 Å². The van der Waals surface area contributed by atoms with Crippen LogP contribution in [0.25, 0.3) is 11.1 Å². The van der Waals surface area contributed by atoms with Gasteiger partial charge in [0.15, 0.2) is 0 Å². The summed E-state index contributed by atoms with van der Waals surface area (Å²) in [7, 11) is 0. The van der Waals surface area contributed by atoms with Gasteiger partial charge >= 0.3 is 0 Å². The van der Waals surface area contributed by atoms with E-state index in [1.807, 2.05) is 0 Å². The van der Waals surface area contributed by atoms with Crippen LogP contribution in [-0.4, -0.2) is 12.1 Å². The predicted octanol–water partition coefficient (Wildman–Crippen LogP) is 6.18. The first-order valence-electron chi connectivity index (χ1n) is 9.23. The molecule has 24 heavy (non-hydrogen) atoms. The quantitative estimate of drug-likeness (QED) is 0.557. The van der Waals surface area contributed by atoms with Crippen LogP contribution in [0.5, 0.6) is 0 Å². The molecule has 0 radical (unpaired) electrons. The largest absolute Gasteiger partial charge is 0.367 e. The summed E-state index contributed by atoms with van der Waals surface area (Å²) in [5, 5.41) is 0. The third-order valence-corrected chi connectivity index (χ3v) is 5.14. The lowest BCUT2D eigenvalue weighted by atomic mass is 9.85. The number of fused-ring (bicyclic) bond motifs is 3. The van der Waals surface area contributed by atoms with Gasteiger partial charge in [-0.05, 0) is 79.5 Å². The maximum atomic E-state index is 2.50. The Bertz CT molecular complexity index is 739. The maximum Gasteiger partial charge on any atom is 0.0374 e. The molecule has 1 aliphatic carbocycles. The highest BCUT2D eigenvalue weighted by Crippen LogP contribution is 2.40. The fraction of sp³-hybridized carbons (Fsp3) is 0.478. The molecule has 1 heteroatoms. The highest BCUT2D eigenvalue weighted by Gasteiger charge is 2.23. The molecule has 0 N–H and O–H groups in total. The van der Waals surface area contributed by atoms with Crippen molar-refractivity contribution in [3.63, 3.8) is 0 Å². The van der Waals surface area contributed by atoms with Crippen molar-refractivity contribution in [2.45, 2.75) is 72.4 Å². The summed E-state index contributed by atoms with van der Waals surface area (Å²) in [4.78, 5) is 2.50. The normalized spacial score (nSPS) is 13.4. The van der Waals surface area contributed by atoms with Crippen LogP contribution in [0.3, 0.4) is 0 Å². The Kier molecular flexibility index (Phi) is 4.23. The van der Waals surface area contributed by atoms with Crippen molar-refractivity contribution >= 4 is 5.69 Å². The molecule has 2 aromatic carbocycles. The van der Waals surface area contributed by atoms with Crippen LogP contribution in [0.15, 0.2) is 36.4 Å². The molecule has 1 aliphatic rings. The minimum atomic E-state index is 0.209. The Morgan fingerprint density at radius 3 is 1.88 bits per heavy atom. The van der Waals surface area contributed by atoms with E-state index in [9.17, 15) is 0 Å². The zero-order valence-corrected chi connectivity index (χ0v) is 16.3. The van der Waals surface area contributed by atoms with Gasteiger partial charge in [-0.3, -0.25) is 0 Å². The van der Waals surface area contributed by atoms with Gasteiger partial charge in [0.2, 0.25) is 0 Å². The molecule has 0 aliphatic heterocycles. The van der Waals surface area contributed by atoms with Crippen molar-refractivity contribution in [3.05, 3.63) is 53.1 Å². The number of benzene rings is 2. The zero-order valence-electron chi connectivity index (χ0n) is 16.3. The molecule has 1 nitrogen and oxygen atoms in total. The molecular formula is C23H31N. The molecule has 128 valence electrons. The molecule has 0 saturated carbocycles. The van der Waals surface area contributed by atoms with Crippen molar-refractivity contribution < 1.29 is 0 Å². The topological polar surface area (TPSA) is 3.24 Å². The van der Waals surface area contributed by atoms with E-state index in [2.05, 4.69) is 89.8 Å². The van der Waals surface area contributed by atoms with Gasteiger partial charge < -0.3 is 4.90 Å². The summed E-state index contributed by atoms with van der Waals surface area (Å²) in [6, 6.07) is 15.1. The number of hydrogen-bond donors (Lipinski definition) is 0. The van der Waals surface area contributed by atoms with Gasteiger partial charge in [-0.25, -0.2) is 0 Å². The zero-order chi connectivity index (χ0) is 17.6. The van der Waals surface area contributed by atoms with Gasteiger partial charge in [0, 0.05) is 17.8 Å². The molecule has 0 saturated heterocycles. The smallest absolute Gasteiger partial charge is 0.0374 e. The molecule has 0 fully saturated rings. The molecule has 0 heterocycles. The van der Waals surface area contributed by atoms with Crippen molar-refractivity contribution in [1.82, 2.24) is 0 Å².